The number of ether oxygens (including phenoxy) is 1. The number of carbonyl (C=O) groups excluding carboxylic acids is 3. The Bertz CT molecular complexity index is 819. The number of hydrogen-bond donors (Lipinski definition) is 2. The molecule has 0 radical (unpaired) electrons. The van der Waals surface area contributed by atoms with Crippen molar-refractivity contribution in [2.75, 3.05) is 17.3 Å². The van der Waals surface area contributed by atoms with Gasteiger partial charge in [-0.25, -0.2) is 0 Å². The van der Waals surface area contributed by atoms with Crippen LogP contribution in [0.1, 0.15) is 30.1 Å². The van der Waals surface area contributed by atoms with Crippen LogP contribution in [0.15, 0.2) is 18.2 Å². The molecule has 3 rings (SSSR count). The Hall–Kier alpha value is -3.30. The van der Waals surface area contributed by atoms with Gasteiger partial charge in [0.1, 0.15) is 5.75 Å². The molecule has 0 bridgehead atoms. The van der Waals surface area contributed by atoms with Crippen LogP contribution in [0.25, 0.3) is 0 Å². The van der Waals surface area contributed by atoms with Crippen molar-refractivity contribution in [1.82, 2.24) is 20.6 Å². The molecule has 2 heterocycles. The number of anilines is 2. The third kappa shape index (κ3) is 3.47. The molecule has 25 heavy (non-hydrogen) atoms. The van der Waals surface area contributed by atoms with Gasteiger partial charge in [-0.15, -0.1) is 5.10 Å². The summed E-state index contributed by atoms with van der Waals surface area (Å²) in [5.74, 6) is -0.196. The maximum atomic E-state index is 12.3. The summed E-state index contributed by atoms with van der Waals surface area (Å²) in [4.78, 5) is 37.5. The maximum absolute atomic E-state index is 12.3. The number of nitrogens with zero attached hydrogens (tertiary/aromatic N) is 4. The largest absolute Gasteiger partial charge is 0.479 e. The predicted molar refractivity (Wildman–Crippen MR) is 86.3 cm³/mol. The summed E-state index contributed by atoms with van der Waals surface area (Å²) in [6.07, 6.45) is -0.572. The van der Waals surface area contributed by atoms with Crippen LogP contribution in [0, 0.1) is 0 Å². The molecule has 0 spiro atoms. The lowest BCUT2D eigenvalue weighted by Crippen LogP contribution is -2.42. The Morgan fingerprint density at radius 3 is 2.88 bits per heavy atom. The molecule has 0 saturated heterocycles. The van der Waals surface area contributed by atoms with E-state index >= 15 is 0 Å². The number of tetrazole rings is 1. The van der Waals surface area contributed by atoms with Gasteiger partial charge >= 0.3 is 0 Å². The molecule has 10 nitrogen and oxygen atoms in total. The van der Waals surface area contributed by atoms with Crippen molar-refractivity contribution < 1.29 is 19.1 Å². The van der Waals surface area contributed by atoms with Crippen molar-refractivity contribution in [2.45, 2.75) is 25.9 Å². The van der Waals surface area contributed by atoms with E-state index in [9.17, 15) is 14.4 Å². The van der Waals surface area contributed by atoms with E-state index in [2.05, 4.69) is 25.9 Å². The number of H-pyrrole nitrogens is 1. The second-order valence-corrected chi connectivity index (χ2v) is 5.55. The molecule has 1 aliphatic heterocycles. The summed E-state index contributed by atoms with van der Waals surface area (Å²) in [5, 5.41) is 15.1. The SMILES string of the molecule is CC1Oc2ccc(C(=O)CCC(=O)Nc3nn[nH]n3)cc2N(C)C1=O. The van der Waals surface area contributed by atoms with Gasteiger partial charge in [-0.05, 0) is 30.3 Å². The van der Waals surface area contributed by atoms with Crippen molar-refractivity contribution in [2.24, 2.45) is 0 Å². The number of likely N-dealkylation sites (N-methyl/N-ethyl adjacent to an activating group) is 1. The molecule has 1 aromatic carbocycles. The molecule has 0 fully saturated rings. The van der Waals surface area contributed by atoms with Crippen LogP contribution in [0.2, 0.25) is 0 Å². The van der Waals surface area contributed by atoms with E-state index in [1.54, 1.807) is 32.2 Å². The molecular weight excluding hydrogens is 328 g/mol. The highest BCUT2D eigenvalue weighted by Crippen LogP contribution is 2.34. The van der Waals surface area contributed by atoms with Gasteiger partial charge in [0.05, 0.1) is 5.69 Å². The topological polar surface area (TPSA) is 130 Å². The van der Waals surface area contributed by atoms with Crippen LogP contribution in [0.5, 0.6) is 5.75 Å². The van der Waals surface area contributed by atoms with Crippen LogP contribution in [0.3, 0.4) is 0 Å². The zero-order valence-corrected chi connectivity index (χ0v) is 13.6. The number of nitrogens with one attached hydrogen (secondary N) is 2. The van der Waals surface area contributed by atoms with Crippen molar-refractivity contribution in [3.63, 3.8) is 0 Å². The first kappa shape index (κ1) is 16.6. The molecule has 0 aliphatic carbocycles. The average Bonchev–Trinajstić information content (AvgIpc) is 3.10. The zero-order chi connectivity index (χ0) is 18.0. The van der Waals surface area contributed by atoms with E-state index in [1.807, 2.05) is 0 Å². The predicted octanol–water partition coefficient (Wildman–Crippen LogP) is 0.545. The highest BCUT2D eigenvalue weighted by Gasteiger charge is 2.29. The van der Waals surface area contributed by atoms with Crippen LogP contribution in [-0.4, -0.2) is 51.4 Å². The summed E-state index contributed by atoms with van der Waals surface area (Å²) >= 11 is 0. The van der Waals surface area contributed by atoms with Gasteiger partial charge < -0.3 is 9.64 Å². The number of aromatic nitrogens is 4. The quantitative estimate of drug-likeness (QED) is 0.757. The van der Waals surface area contributed by atoms with E-state index in [4.69, 9.17) is 4.74 Å². The lowest BCUT2D eigenvalue weighted by Gasteiger charge is -2.30. The molecular formula is C15H16N6O4. The number of Topliss-reactive ketones (excluding diaryl/α,β-unsaturated/α-hetero) is 1. The molecule has 1 unspecified atom stereocenters. The average molecular weight is 344 g/mol. The fourth-order valence-electron chi connectivity index (χ4n) is 2.46. The smallest absolute Gasteiger partial charge is 0.269 e. The van der Waals surface area contributed by atoms with E-state index < -0.39 is 12.0 Å². The minimum absolute atomic E-state index is 0.0113. The molecule has 2 aromatic rings. The van der Waals surface area contributed by atoms with Gasteiger partial charge in [0.15, 0.2) is 11.9 Å². The second kappa shape index (κ2) is 6.67. The van der Waals surface area contributed by atoms with Crippen molar-refractivity contribution >= 4 is 29.2 Å². The summed E-state index contributed by atoms with van der Waals surface area (Å²) in [6, 6.07) is 4.87. The Labute approximate surface area is 142 Å². The lowest BCUT2D eigenvalue weighted by atomic mass is 10.0. The Morgan fingerprint density at radius 2 is 2.16 bits per heavy atom. The van der Waals surface area contributed by atoms with Crippen LogP contribution >= 0.6 is 0 Å². The molecule has 2 amide bonds. The van der Waals surface area contributed by atoms with Crippen molar-refractivity contribution in [1.29, 1.82) is 0 Å². The number of ketones is 1. The summed E-state index contributed by atoms with van der Waals surface area (Å²) in [7, 11) is 1.63. The minimum atomic E-state index is -0.562. The standard InChI is InChI=1S/C15H16N6O4/c1-8-14(24)21(2)10-7-9(3-5-12(10)25-8)11(22)4-6-13(23)16-15-17-19-20-18-15/h3,5,7-8H,4,6H2,1-2H3,(H2,16,17,18,19,20,23). The Morgan fingerprint density at radius 1 is 1.36 bits per heavy atom. The number of rotatable bonds is 5. The van der Waals surface area contributed by atoms with Crippen LogP contribution in [-0.2, 0) is 9.59 Å². The first-order valence-electron chi connectivity index (χ1n) is 7.60. The number of carbonyl (C=O) groups is 3. The van der Waals surface area contributed by atoms with Crippen LogP contribution < -0.4 is 15.0 Å². The molecule has 2 N–H and O–H groups in total. The van der Waals surface area contributed by atoms with E-state index in [0.717, 1.165) is 0 Å². The number of aromatic amines is 1. The monoisotopic (exact) mass is 344 g/mol. The zero-order valence-electron chi connectivity index (χ0n) is 13.6. The van der Waals surface area contributed by atoms with Gasteiger partial charge in [-0.3, -0.25) is 19.7 Å². The van der Waals surface area contributed by atoms with Gasteiger partial charge in [-0.1, -0.05) is 5.10 Å². The number of amides is 2. The maximum Gasteiger partial charge on any atom is 0.269 e. The highest BCUT2D eigenvalue weighted by atomic mass is 16.5. The summed E-state index contributed by atoms with van der Waals surface area (Å²) in [5.41, 5.74) is 0.939. The molecule has 130 valence electrons. The third-order valence-electron chi connectivity index (χ3n) is 3.80. The Kier molecular flexibility index (Phi) is 4.42. The molecule has 1 aromatic heterocycles. The molecule has 0 saturated carbocycles. The summed E-state index contributed by atoms with van der Waals surface area (Å²) < 4.78 is 5.52. The molecule has 1 aliphatic rings. The fraction of sp³-hybridized carbons (Fsp3) is 0.333. The number of fused-ring (bicyclic) bond motifs is 1. The van der Waals surface area contributed by atoms with Crippen molar-refractivity contribution in [3.8, 4) is 5.75 Å². The van der Waals surface area contributed by atoms with Gasteiger partial charge in [0.25, 0.3) is 11.9 Å². The lowest BCUT2D eigenvalue weighted by molar-refractivity contribution is -0.125. The summed E-state index contributed by atoms with van der Waals surface area (Å²) in [6.45, 7) is 1.67. The van der Waals surface area contributed by atoms with E-state index in [-0.39, 0.29) is 30.5 Å². The van der Waals surface area contributed by atoms with Gasteiger partial charge in [0.2, 0.25) is 5.91 Å². The normalized spacial score (nSPS) is 16.2. The molecule has 1 atom stereocenters. The third-order valence-corrected chi connectivity index (χ3v) is 3.80. The highest BCUT2D eigenvalue weighted by molar-refractivity contribution is 6.03. The van der Waals surface area contributed by atoms with E-state index in [1.165, 1.54) is 4.90 Å². The first-order chi connectivity index (χ1) is 12.0. The van der Waals surface area contributed by atoms with Gasteiger partial charge in [0, 0.05) is 25.5 Å². The van der Waals surface area contributed by atoms with E-state index in [0.29, 0.717) is 17.0 Å². The minimum Gasteiger partial charge on any atom is -0.479 e. The number of benzene rings is 1. The van der Waals surface area contributed by atoms with Gasteiger partial charge in [-0.2, -0.15) is 5.21 Å². The molecule has 10 heteroatoms. The number of hydrogen-bond acceptors (Lipinski definition) is 7. The van der Waals surface area contributed by atoms with Crippen molar-refractivity contribution in [3.05, 3.63) is 23.8 Å². The fourth-order valence-corrected chi connectivity index (χ4v) is 2.46. The van der Waals surface area contributed by atoms with Crippen LogP contribution in [0.4, 0.5) is 11.6 Å². The first-order valence-corrected chi connectivity index (χ1v) is 7.60. The second-order valence-electron chi connectivity index (χ2n) is 5.55. The Balaban J connectivity index is 1.65.